The largest absolute Gasteiger partial charge is 0.381 e. The number of nitrogens with one attached hydrogen (secondary N) is 2. The van der Waals surface area contributed by atoms with Crippen LogP contribution in [0.2, 0.25) is 0 Å². The molecule has 1 aromatic rings. The summed E-state index contributed by atoms with van der Waals surface area (Å²) in [7, 11) is 1.81. The number of likely N-dealkylation sites (N-methyl/N-ethyl adjacent to an activating group) is 1. The Morgan fingerprint density at radius 3 is 2.89 bits per heavy atom. The summed E-state index contributed by atoms with van der Waals surface area (Å²) in [5.74, 6) is 0.192. The first-order valence-corrected chi connectivity index (χ1v) is 6.53. The molecular formula is C14H21N3O. The molecule has 1 aromatic carbocycles. The summed E-state index contributed by atoms with van der Waals surface area (Å²) in [4.78, 5) is 13.8. The quantitative estimate of drug-likeness (QED) is 0.843. The van der Waals surface area contributed by atoms with Crippen LogP contribution in [0.15, 0.2) is 30.3 Å². The Morgan fingerprint density at radius 1 is 1.39 bits per heavy atom. The molecule has 0 radical (unpaired) electrons. The summed E-state index contributed by atoms with van der Waals surface area (Å²) >= 11 is 0. The molecule has 0 aliphatic carbocycles. The van der Waals surface area contributed by atoms with Gasteiger partial charge < -0.3 is 15.5 Å². The van der Waals surface area contributed by atoms with E-state index in [0.717, 1.165) is 31.6 Å². The minimum Gasteiger partial charge on any atom is -0.381 e. The van der Waals surface area contributed by atoms with Crippen molar-refractivity contribution in [3.8, 4) is 0 Å². The molecule has 2 N–H and O–H groups in total. The lowest BCUT2D eigenvalue weighted by Crippen LogP contribution is -2.47. The van der Waals surface area contributed by atoms with E-state index >= 15 is 0 Å². The van der Waals surface area contributed by atoms with E-state index in [-0.39, 0.29) is 5.91 Å². The molecule has 1 heterocycles. The van der Waals surface area contributed by atoms with Gasteiger partial charge in [0, 0.05) is 24.8 Å². The number of rotatable bonds is 4. The number of anilines is 1. The van der Waals surface area contributed by atoms with Crippen LogP contribution in [0.25, 0.3) is 0 Å². The third-order valence-corrected chi connectivity index (χ3v) is 3.25. The van der Waals surface area contributed by atoms with E-state index in [9.17, 15) is 4.79 Å². The number of hydrogen-bond donors (Lipinski definition) is 2. The van der Waals surface area contributed by atoms with Crippen LogP contribution >= 0.6 is 0 Å². The van der Waals surface area contributed by atoms with Crippen molar-refractivity contribution in [2.45, 2.75) is 18.9 Å². The Morgan fingerprint density at radius 2 is 2.17 bits per heavy atom. The van der Waals surface area contributed by atoms with Gasteiger partial charge in [0.2, 0.25) is 5.91 Å². The zero-order chi connectivity index (χ0) is 12.8. The van der Waals surface area contributed by atoms with Crippen molar-refractivity contribution >= 4 is 11.6 Å². The Balaban J connectivity index is 1.89. The van der Waals surface area contributed by atoms with Crippen LogP contribution < -0.4 is 10.6 Å². The number of piperidine rings is 1. The number of nitrogens with zero attached hydrogens (tertiary/aromatic N) is 1. The molecule has 2 rings (SSSR count). The summed E-state index contributed by atoms with van der Waals surface area (Å²) in [5, 5.41) is 6.41. The third-order valence-electron chi connectivity index (χ3n) is 3.25. The summed E-state index contributed by atoms with van der Waals surface area (Å²) in [6.45, 7) is 2.11. The van der Waals surface area contributed by atoms with E-state index in [1.54, 1.807) is 0 Å². The van der Waals surface area contributed by atoms with Gasteiger partial charge in [0.15, 0.2) is 0 Å². The van der Waals surface area contributed by atoms with Crippen molar-refractivity contribution in [3.63, 3.8) is 0 Å². The molecule has 0 aromatic heterocycles. The Labute approximate surface area is 108 Å². The van der Waals surface area contributed by atoms with Crippen LogP contribution in [0.4, 0.5) is 5.69 Å². The van der Waals surface area contributed by atoms with Gasteiger partial charge in [-0.2, -0.15) is 0 Å². The van der Waals surface area contributed by atoms with Gasteiger partial charge in [-0.3, -0.25) is 4.79 Å². The number of likely N-dealkylation sites (tertiary alicyclic amines) is 1. The zero-order valence-corrected chi connectivity index (χ0v) is 10.9. The van der Waals surface area contributed by atoms with Crippen molar-refractivity contribution in [2.75, 3.05) is 32.0 Å². The van der Waals surface area contributed by atoms with Crippen LogP contribution in [0.3, 0.4) is 0 Å². The molecule has 1 amide bonds. The SMILES string of the molecule is CNCC(=O)N1CCCC(Nc2ccccc2)C1. The van der Waals surface area contributed by atoms with E-state index in [1.165, 1.54) is 0 Å². The lowest BCUT2D eigenvalue weighted by Gasteiger charge is -2.33. The molecule has 0 spiro atoms. The summed E-state index contributed by atoms with van der Waals surface area (Å²) in [6.07, 6.45) is 2.19. The normalized spacial score (nSPS) is 19.6. The van der Waals surface area contributed by atoms with Crippen LogP contribution in [-0.4, -0.2) is 43.5 Å². The monoisotopic (exact) mass is 247 g/mol. The van der Waals surface area contributed by atoms with Gasteiger partial charge >= 0.3 is 0 Å². The fourth-order valence-corrected chi connectivity index (χ4v) is 2.35. The number of para-hydroxylation sites is 1. The van der Waals surface area contributed by atoms with Gasteiger partial charge in [-0.05, 0) is 32.0 Å². The second kappa shape index (κ2) is 6.40. The fourth-order valence-electron chi connectivity index (χ4n) is 2.35. The van der Waals surface area contributed by atoms with Crippen LogP contribution in [-0.2, 0) is 4.79 Å². The lowest BCUT2D eigenvalue weighted by molar-refractivity contribution is -0.131. The van der Waals surface area contributed by atoms with Crippen molar-refractivity contribution in [1.29, 1.82) is 0 Å². The highest BCUT2D eigenvalue weighted by Gasteiger charge is 2.22. The molecular weight excluding hydrogens is 226 g/mol. The standard InChI is InChI=1S/C14H21N3O/c1-15-10-14(18)17-9-5-8-13(11-17)16-12-6-3-2-4-7-12/h2-4,6-7,13,15-16H,5,8-11H2,1H3. The Hall–Kier alpha value is -1.55. The number of hydrogen-bond acceptors (Lipinski definition) is 3. The molecule has 1 atom stereocenters. The van der Waals surface area contributed by atoms with Crippen LogP contribution in [0.1, 0.15) is 12.8 Å². The van der Waals surface area contributed by atoms with Crippen LogP contribution in [0.5, 0.6) is 0 Å². The number of carbonyl (C=O) groups is 1. The minimum absolute atomic E-state index is 0.192. The maximum atomic E-state index is 11.8. The lowest BCUT2D eigenvalue weighted by atomic mass is 10.1. The number of carbonyl (C=O) groups excluding carboxylic acids is 1. The summed E-state index contributed by atoms with van der Waals surface area (Å²) in [5.41, 5.74) is 1.13. The smallest absolute Gasteiger partial charge is 0.236 e. The van der Waals surface area contributed by atoms with Gasteiger partial charge in [-0.25, -0.2) is 0 Å². The Bertz CT molecular complexity index is 380. The van der Waals surface area contributed by atoms with Crippen molar-refractivity contribution in [2.24, 2.45) is 0 Å². The zero-order valence-electron chi connectivity index (χ0n) is 10.9. The van der Waals surface area contributed by atoms with Gasteiger partial charge in [0.1, 0.15) is 0 Å². The number of amides is 1. The Kier molecular flexibility index (Phi) is 4.59. The predicted molar refractivity (Wildman–Crippen MR) is 73.6 cm³/mol. The molecule has 1 aliphatic rings. The molecule has 0 bridgehead atoms. The van der Waals surface area contributed by atoms with Gasteiger partial charge in [0.05, 0.1) is 6.54 Å². The predicted octanol–water partition coefficient (Wildman–Crippen LogP) is 1.31. The van der Waals surface area contributed by atoms with Gasteiger partial charge in [-0.15, -0.1) is 0 Å². The number of benzene rings is 1. The summed E-state index contributed by atoms with van der Waals surface area (Å²) < 4.78 is 0. The van der Waals surface area contributed by atoms with Crippen LogP contribution in [0, 0.1) is 0 Å². The van der Waals surface area contributed by atoms with Gasteiger partial charge in [-0.1, -0.05) is 18.2 Å². The van der Waals surface area contributed by atoms with E-state index in [0.29, 0.717) is 12.6 Å². The summed E-state index contributed by atoms with van der Waals surface area (Å²) in [6, 6.07) is 10.5. The highest BCUT2D eigenvalue weighted by Crippen LogP contribution is 2.15. The molecule has 98 valence electrons. The van der Waals surface area contributed by atoms with E-state index in [4.69, 9.17) is 0 Å². The maximum Gasteiger partial charge on any atom is 0.236 e. The molecule has 1 unspecified atom stereocenters. The molecule has 1 saturated heterocycles. The highest BCUT2D eigenvalue weighted by atomic mass is 16.2. The maximum absolute atomic E-state index is 11.8. The fraction of sp³-hybridized carbons (Fsp3) is 0.500. The second-order valence-corrected chi connectivity index (χ2v) is 4.72. The molecule has 1 aliphatic heterocycles. The van der Waals surface area contributed by atoms with E-state index in [1.807, 2.05) is 30.1 Å². The topological polar surface area (TPSA) is 44.4 Å². The highest BCUT2D eigenvalue weighted by molar-refractivity contribution is 5.78. The minimum atomic E-state index is 0.192. The van der Waals surface area contributed by atoms with Crippen molar-refractivity contribution in [3.05, 3.63) is 30.3 Å². The molecule has 4 nitrogen and oxygen atoms in total. The second-order valence-electron chi connectivity index (χ2n) is 4.72. The molecule has 1 fully saturated rings. The average molecular weight is 247 g/mol. The first-order valence-electron chi connectivity index (χ1n) is 6.53. The van der Waals surface area contributed by atoms with Crippen molar-refractivity contribution < 1.29 is 4.79 Å². The van der Waals surface area contributed by atoms with E-state index < -0.39 is 0 Å². The first-order chi connectivity index (χ1) is 8.79. The first kappa shape index (κ1) is 12.9. The van der Waals surface area contributed by atoms with Crippen molar-refractivity contribution in [1.82, 2.24) is 10.2 Å². The van der Waals surface area contributed by atoms with E-state index in [2.05, 4.69) is 22.8 Å². The molecule has 18 heavy (non-hydrogen) atoms. The molecule has 0 saturated carbocycles. The molecule has 4 heteroatoms. The average Bonchev–Trinajstić information content (AvgIpc) is 2.40. The van der Waals surface area contributed by atoms with Gasteiger partial charge in [0.25, 0.3) is 0 Å². The third kappa shape index (κ3) is 3.47.